The summed E-state index contributed by atoms with van der Waals surface area (Å²) in [6, 6.07) is 6.56. The quantitative estimate of drug-likeness (QED) is 0.349. The molecule has 0 aliphatic carbocycles. The summed E-state index contributed by atoms with van der Waals surface area (Å²) in [4.78, 5) is 0. The van der Waals surface area contributed by atoms with E-state index in [4.69, 9.17) is 9.05 Å². The van der Waals surface area contributed by atoms with Gasteiger partial charge in [0.25, 0.3) is 14.7 Å². The van der Waals surface area contributed by atoms with Crippen molar-refractivity contribution in [1.29, 1.82) is 0 Å². The van der Waals surface area contributed by atoms with E-state index >= 15 is 0 Å². The van der Waals surface area contributed by atoms with Crippen LogP contribution in [0.15, 0.2) is 74.9 Å². The van der Waals surface area contributed by atoms with Gasteiger partial charge in [0.1, 0.15) is 11.5 Å². The molecule has 1 aromatic rings. The monoisotopic (exact) mass is 366 g/mol. The Morgan fingerprint density at radius 3 is 1.12 bits per heavy atom. The lowest BCUT2D eigenvalue weighted by molar-refractivity contribution is 0.480. The third kappa shape index (κ3) is 6.39. The summed E-state index contributed by atoms with van der Waals surface area (Å²) in [6.45, 7) is 14.4. The molecular weight excluding hydrogens is 342 g/mol. The average molecular weight is 366 g/mol. The van der Waals surface area contributed by atoms with Gasteiger partial charge in [-0.15, -0.1) is 26.3 Å². The van der Waals surface area contributed by atoms with Crippen molar-refractivity contribution in [2.45, 2.75) is 0 Å². The number of allylic oxidation sites excluding steroid dienone is 4. The normalized spacial score (nSPS) is 11.3. The van der Waals surface area contributed by atoms with Gasteiger partial charge in [-0.05, 0) is 24.3 Å². The van der Waals surface area contributed by atoms with E-state index in [-0.39, 0.29) is 24.6 Å². The molecule has 0 unspecified atom stereocenters. The van der Waals surface area contributed by atoms with Crippen LogP contribution in [-0.4, -0.2) is 24.6 Å². The summed E-state index contributed by atoms with van der Waals surface area (Å²) in [6.07, 6.45) is 7.36. The highest BCUT2D eigenvalue weighted by atomic mass is 31.2. The summed E-state index contributed by atoms with van der Waals surface area (Å²) in [5.74, 6) is 0.910. The van der Waals surface area contributed by atoms with E-state index in [0.717, 1.165) is 0 Å². The van der Waals surface area contributed by atoms with Crippen molar-refractivity contribution in [2.75, 3.05) is 24.6 Å². The lowest BCUT2D eigenvalue weighted by Crippen LogP contribution is -2.01. The zero-order chi connectivity index (χ0) is 18.1. The van der Waals surface area contributed by atoms with Crippen molar-refractivity contribution in [3.63, 3.8) is 0 Å². The largest absolute Gasteiger partial charge is 0.442 e. The lowest BCUT2D eigenvalue weighted by Gasteiger charge is -2.19. The molecule has 0 aromatic heterocycles. The van der Waals surface area contributed by atoms with Crippen LogP contribution in [0.25, 0.3) is 0 Å². The van der Waals surface area contributed by atoms with Gasteiger partial charge in [-0.1, -0.05) is 24.3 Å². The van der Waals surface area contributed by atoms with Crippen molar-refractivity contribution in [1.82, 2.24) is 0 Å². The lowest BCUT2D eigenvalue weighted by atomic mass is 10.3. The molecule has 0 aliphatic rings. The fourth-order valence-electron chi connectivity index (χ4n) is 2.03. The first-order chi connectivity index (χ1) is 11.4. The van der Waals surface area contributed by atoms with E-state index in [1.54, 1.807) is 48.6 Å². The minimum absolute atomic E-state index is 0.269. The van der Waals surface area contributed by atoms with Crippen molar-refractivity contribution in [2.24, 2.45) is 0 Å². The van der Waals surface area contributed by atoms with Gasteiger partial charge in [0.15, 0.2) is 0 Å². The van der Waals surface area contributed by atoms with Gasteiger partial charge in [0.05, 0.1) is 24.6 Å². The molecule has 0 radical (unpaired) electrons. The molecule has 0 heterocycles. The smallest absolute Gasteiger partial charge is 0.255 e. The molecule has 0 atom stereocenters. The Balaban J connectivity index is 2.88. The second-order valence-electron chi connectivity index (χ2n) is 5.17. The molecule has 0 spiro atoms. The Kier molecular flexibility index (Phi) is 8.04. The minimum atomic E-state index is -2.88. The molecule has 1 rings (SSSR count). The van der Waals surface area contributed by atoms with Crippen LogP contribution in [0, 0.1) is 0 Å². The van der Waals surface area contributed by atoms with E-state index < -0.39 is 14.7 Å². The van der Waals surface area contributed by atoms with Crippen molar-refractivity contribution in [3.8, 4) is 11.5 Å². The summed E-state index contributed by atoms with van der Waals surface area (Å²) in [7, 11) is -5.75. The molecule has 1 aromatic carbocycles. The van der Waals surface area contributed by atoms with Gasteiger partial charge in [0.2, 0.25) is 0 Å². The van der Waals surface area contributed by atoms with E-state index in [1.807, 2.05) is 0 Å². The molecular formula is C18H24O4P2. The highest BCUT2D eigenvalue weighted by Crippen LogP contribution is 2.49. The van der Waals surface area contributed by atoms with Gasteiger partial charge in [-0.3, -0.25) is 9.13 Å². The van der Waals surface area contributed by atoms with Crippen LogP contribution < -0.4 is 9.05 Å². The molecule has 0 bridgehead atoms. The summed E-state index contributed by atoms with van der Waals surface area (Å²) >= 11 is 0. The van der Waals surface area contributed by atoms with Crippen LogP contribution in [-0.2, 0) is 9.13 Å². The van der Waals surface area contributed by atoms with Crippen LogP contribution >= 0.6 is 14.7 Å². The minimum Gasteiger partial charge on any atom is -0.442 e. The fraction of sp³-hybridized carbons (Fsp3) is 0.222. The zero-order valence-corrected chi connectivity index (χ0v) is 15.6. The molecule has 0 aliphatic heterocycles. The molecule has 0 N–H and O–H groups in total. The van der Waals surface area contributed by atoms with E-state index in [9.17, 15) is 9.13 Å². The third-order valence-electron chi connectivity index (χ3n) is 3.00. The molecule has 0 saturated heterocycles. The summed E-state index contributed by atoms with van der Waals surface area (Å²) < 4.78 is 36.4. The fourth-order valence-corrected chi connectivity index (χ4v) is 5.21. The topological polar surface area (TPSA) is 52.6 Å². The Morgan fingerprint density at radius 2 is 0.917 bits per heavy atom. The summed E-state index contributed by atoms with van der Waals surface area (Å²) in [5, 5.41) is 0. The van der Waals surface area contributed by atoms with E-state index in [2.05, 4.69) is 26.3 Å². The molecule has 0 saturated carbocycles. The van der Waals surface area contributed by atoms with E-state index in [0.29, 0.717) is 11.5 Å². The summed E-state index contributed by atoms with van der Waals surface area (Å²) in [5.41, 5.74) is 0. The van der Waals surface area contributed by atoms with Gasteiger partial charge in [0, 0.05) is 0 Å². The predicted molar refractivity (Wildman–Crippen MR) is 103 cm³/mol. The third-order valence-corrected chi connectivity index (χ3v) is 7.34. The maximum Gasteiger partial charge on any atom is 0.255 e. The van der Waals surface area contributed by atoms with Crippen LogP contribution in [0.4, 0.5) is 0 Å². The number of benzene rings is 1. The second-order valence-corrected chi connectivity index (χ2v) is 10.3. The van der Waals surface area contributed by atoms with Crippen molar-refractivity contribution in [3.05, 3.63) is 74.9 Å². The first-order valence-corrected chi connectivity index (χ1v) is 11.5. The number of hydrogen-bond donors (Lipinski definition) is 0. The average Bonchev–Trinajstić information content (AvgIpc) is 2.50. The predicted octanol–water partition coefficient (Wildman–Crippen LogP) is 5.74. The Hall–Kier alpha value is -1.76. The Morgan fingerprint density at radius 1 is 0.667 bits per heavy atom. The Bertz CT molecular complexity index is 590. The highest BCUT2D eigenvalue weighted by molar-refractivity contribution is 7.60. The van der Waals surface area contributed by atoms with Gasteiger partial charge in [-0.25, -0.2) is 0 Å². The standard InChI is InChI=1S/C18H24O4P2/c1-5-13-23(19,14-6-2)21-17-9-11-18(12-10-17)22-24(20,15-7-3)16-8-4/h5-12H,1-4,13-16H2. The van der Waals surface area contributed by atoms with Crippen LogP contribution in [0.1, 0.15) is 0 Å². The second kappa shape index (κ2) is 9.52. The molecule has 0 amide bonds. The molecule has 0 fully saturated rings. The molecule has 6 heteroatoms. The molecule has 4 nitrogen and oxygen atoms in total. The van der Waals surface area contributed by atoms with Crippen molar-refractivity contribution < 1.29 is 18.2 Å². The number of rotatable bonds is 12. The van der Waals surface area contributed by atoms with Crippen LogP contribution in [0.5, 0.6) is 11.5 Å². The maximum absolute atomic E-state index is 12.6. The van der Waals surface area contributed by atoms with E-state index in [1.165, 1.54) is 0 Å². The van der Waals surface area contributed by atoms with Crippen LogP contribution in [0.2, 0.25) is 0 Å². The molecule has 24 heavy (non-hydrogen) atoms. The van der Waals surface area contributed by atoms with Gasteiger partial charge in [-0.2, -0.15) is 0 Å². The van der Waals surface area contributed by atoms with Gasteiger partial charge >= 0.3 is 0 Å². The van der Waals surface area contributed by atoms with Crippen LogP contribution in [0.3, 0.4) is 0 Å². The first-order valence-electron chi connectivity index (χ1n) is 7.49. The highest BCUT2D eigenvalue weighted by Gasteiger charge is 2.23. The SMILES string of the molecule is C=CCP(=O)(CC=C)Oc1ccc(OP(=O)(CC=C)CC=C)cc1. The Labute approximate surface area is 144 Å². The zero-order valence-electron chi connectivity index (χ0n) is 13.8. The first kappa shape index (κ1) is 20.3. The maximum atomic E-state index is 12.6. The van der Waals surface area contributed by atoms with Gasteiger partial charge < -0.3 is 9.05 Å². The number of hydrogen-bond acceptors (Lipinski definition) is 4. The van der Waals surface area contributed by atoms with Crippen molar-refractivity contribution >= 4 is 14.7 Å². The molecule has 130 valence electrons.